The van der Waals surface area contributed by atoms with Gasteiger partial charge in [-0.15, -0.1) is 11.6 Å². The van der Waals surface area contributed by atoms with E-state index in [4.69, 9.17) is 11.6 Å². The molecule has 0 aromatic heterocycles. The number of hydrogen-bond acceptors (Lipinski definition) is 2. The van der Waals surface area contributed by atoms with Crippen LogP contribution < -0.4 is 4.72 Å². The van der Waals surface area contributed by atoms with Crippen molar-refractivity contribution >= 4 is 27.3 Å². The molecule has 0 spiro atoms. The predicted molar refractivity (Wildman–Crippen MR) is 63.9 cm³/mol. The van der Waals surface area contributed by atoms with Crippen molar-refractivity contribution in [3.05, 3.63) is 29.8 Å². The van der Waals surface area contributed by atoms with E-state index in [9.17, 15) is 8.42 Å². The van der Waals surface area contributed by atoms with Crippen LogP contribution in [-0.4, -0.2) is 20.1 Å². The molecular formula is C10H14ClNO2S. The third-order valence-electron chi connectivity index (χ3n) is 1.99. The van der Waals surface area contributed by atoms with E-state index in [-0.39, 0.29) is 5.75 Å². The summed E-state index contributed by atoms with van der Waals surface area (Å²) in [6, 6.07) is 7.23. The molecule has 3 nitrogen and oxygen atoms in total. The number of hydrogen-bond donors (Lipinski definition) is 1. The lowest BCUT2D eigenvalue weighted by atomic mass is 10.2. The average Bonchev–Trinajstić information content (AvgIpc) is 2.21. The highest BCUT2D eigenvalue weighted by molar-refractivity contribution is 7.92. The third kappa shape index (κ3) is 4.10. The maximum absolute atomic E-state index is 11.2. The minimum Gasteiger partial charge on any atom is -0.284 e. The molecule has 0 saturated carbocycles. The number of nitrogens with one attached hydrogen (secondary N) is 1. The Balaban J connectivity index is 2.73. The van der Waals surface area contributed by atoms with E-state index < -0.39 is 10.0 Å². The van der Waals surface area contributed by atoms with Gasteiger partial charge in [-0.25, -0.2) is 8.42 Å². The summed E-state index contributed by atoms with van der Waals surface area (Å²) in [6.45, 7) is 1.60. The molecular weight excluding hydrogens is 234 g/mol. The van der Waals surface area contributed by atoms with Gasteiger partial charge < -0.3 is 0 Å². The molecule has 0 aliphatic heterocycles. The summed E-state index contributed by atoms with van der Waals surface area (Å²) in [5.41, 5.74) is 1.69. The monoisotopic (exact) mass is 247 g/mol. The summed E-state index contributed by atoms with van der Waals surface area (Å²) in [6.07, 6.45) is 0.794. The fraction of sp³-hybridized carbons (Fsp3) is 0.400. The Morgan fingerprint density at radius 2 is 1.87 bits per heavy atom. The molecule has 1 N–H and O–H groups in total. The Morgan fingerprint density at radius 1 is 1.27 bits per heavy atom. The number of sulfonamides is 1. The number of halogens is 1. The van der Waals surface area contributed by atoms with Crippen molar-refractivity contribution in [1.82, 2.24) is 0 Å². The van der Waals surface area contributed by atoms with Crippen molar-refractivity contribution in [2.24, 2.45) is 0 Å². The Morgan fingerprint density at radius 3 is 2.33 bits per heavy atom. The van der Waals surface area contributed by atoms with Crippen LogP contribution in [0.15, 0.2) is 24.3 Å². The Labute approximate surface area is 95.5 Å². The van der Waals surface area contributed by atoms with Crippen molar-refractivity contribution in [3.63, 3.8) is 0 Å². The molecule has 0 fully saturated rings. The van der Waals surface area contributed by atoms with Crippen LogP contribution in [0.1, 0.15) is 12.5 Å². The van der Waals surface area contributed by atoms with Gasteiger partial charge in [0, 0.05) is 11.6 Å². The third-order valence-corrected chi connectivity index (χ3v) is 3.49. The molecule has 0 heterocycles. The smallest absolute Gasteiger partial charge is 0.232 e. The fourth-order valence-corrected chi connectivity index (χ4v) is 1.96. The Kier molecular flexibility index (Phi) is 4.42. The van der Waals surface area contributed by atoms with E-state index in [2.05, 4.69) is 4.72 Å². The highest BCUT2D eigenvalue weighted by atomic mass is 35.5. The fourth-order valence-electron chi connectivity index (χ4n) is 1.10. The van der Waals surface area contributed by atoms with Crippen molar-refractivity contribution in [3.8, 4) is 0 Å². The molecule has 5 heteroatoms. The van der Waals surface area contributed by atoms with Crippen LogP contribution >= 0.6 is 11.6 Å². The van der Waals surface area contributed by atoms with Crippen LogP contribution in [0, 0.1) is 0 Å². The molecule has 0 unspecified atom stereocenters. The zero-order valence-electron chi connectivity index (χ0n) is 8.53. The van der Waals surface area contributed by atoms with Crippen LogP contribution in [0.5, 0.6) is 0 Å². The quantitative estimate of drug-likeness (QED) is 0.811. The molecule has 0 aliphatic rings. The van der Waals surface area contributed by atoms with Gasteiger partial charge in [0.05, 0.1) is 5.75 Å². The summed E-state index contributed by atoms with van der Waals surface area (Å²) in [5, 5.41) is 0. The normalized spacial score (nSPS) is 11.3. The molecule has 1 aromatic carbocycles. The summed E-state index contributed by atoms with van der Waals surface area (Å²) < 4.78 is 25.0. The van der Waals surface area contributed by atoms with Crippen LogP contribution in [0.4, 0.5) is 5.69 Å². The predicted octanol–water partition coefficient (Wildman–Crippen LogP) is 2.23. The molecule has 0 aliphatic carbocycles. The topological polar surface area (TPSA) is 46.2 Å². The lowest BCUT2D eigenvalue weighted by molar-refractivity contribution is 0.602. The standard InChI is InChI=1S/C10H14ClNO2S/c1-2-15(13,14)12-10-5-3-9(4-6-10)7-8-11/h3-6,12H,2,7-8H2,1H3. The molecule has 0 amide bonds. The number of benzene rings is 1. The van der Waals surface area contributed by atoms with Crippen molar-refractivity contribution in [1.29, 1.82) is 0 Å². The molecule has 84 valence electrons. The van der Waals surface area contributed by atoms with E-state index in [1.807, 2.05) is 12.1 Å². The van der Waals surface area contributed by atoms with Crippen LogP contribution in [0.2, 0.25) is 0 Å². The zero-order valence-corrected chi connectivity index (χ0v) is 10.1. The van der Waals surface area contributed by atoms with Gasteiger partial charge in [-0.3, -0.25) is 4.72 Å². The molecule has 1 aromatic rings. The number of rotatable bonds is 5. The summed E-state index contributed by atoms with van der Waals surface area (Å²) >= 11 is 5.59. The average molecular weight is 248 g/mol. The van der Waals surface area contributed by atoms with Gasteiger partial charge in [-0.2, -0.15) is 0 Å². The molecule has 15 heavy (non-hydrogen) atoms. The Hall–Kier alpha value is -0.740. The molecule has 0 atom stereocenters. The number of anilines is 1. The molecule has 0 bridgehead atoms. The maximum atomic E-state index is 11.2. The largest absolute Gasteiger partial charge is 0.284 e. The summed E-state index contributed by atoms with van der Waals surface area (Å²) in [5.74, 6) is 0.649. The summed E-state index contributed by atoms with van der Waals surface area (Å²) in [4.78, 5) is 0. The van der Waals surface area contributed by atoms with Crippen LogP contribution in [0.3, 0.4) is 0 Å². The van der Waals surface area contributed by atoms with Gasteiger partial charge in [0.1, 0.15) is 0 Å². The minimum atomic E-state index is -3.17. The van der Waals surface area contributed by atoms with Crippen molar-refractivity contribution in [2.75, 3.05) is 16.4 Å². The lowest BCUT2D eigenvalue weighted by Gasteiger charge is -2.06. The van der Waals surface area contributed by atoms with Crippen molar-refractivity contribution in [2.45, 2.75) is 13.3 Å². The van der Waals surface area contributed by atoms with Crippen LogP contribution in [-0.2, 0) is 16.4 Å². The number of aryl methyl sites for hydroxylation is 1. The lowest BCUT2D eigenvalue weighted by Crippen LogP contribution is -2.14. The molecule has 0 saturated heterocycles. The first kappa shape index (κ1) is 12.3. The van der Waals surface area contributed by atoms with Gasteiger partial charge in [0.25, 0.3) is 0 Å². The van der Waals surface area contributed by atoms with E-state index in [1.54, 1.807) is 19.1 Å². The number of alkyl halides is 1. The van der Waals surface area contributed by atoms with Gasteiger partial charge in [0.15, 0.2) is 0 Å². The maximum Gasteiger partial charge on any atom is 0.232 e. The second kappa shape index (κ2) is 5.37. The van der Waals surface area contributed by atoms with Gasteiger partial charge >= 0.3 is 0 Å². The van der Waals surface area contributed by atoms with Gasteiger partial charge in [0.2, 0.25) is 10.0 Å². The first-order chi connectivity index (χ1) is 7.07. The summed E-state index contributed by atoms with van der Waals surface area (Å²) in [7, 11) is -3.17. The zero-order chi connectivity index (χ0) is 11.3. The highest BCUT2D eigenvalue weighted by Crippen LogP contribution is 2.12. The first-order valence-electron chi connectivity index (χ1n) is 4.73. The van der Waals surface area contributed by atoms with E-state index >= 15 is 0 Å². The highest BCUT2D eigenvalue weighted by Gasteiger charge is 2.05. The van der Waals surface area contributed by atoms with Gasteiger partial charge in [-0.1, -0.05) is 12.1 Å². The Bertz CT molecular complexity index is 400. The second-order valence-corrected chi connectivity index (χ2v) is 5.53. The van der Waals surface area contributed by atoms with Gasteiger partial charge in [-0.05, 0) is 31.0 Å². The first-order valence-corrected chi connectivity index (χ1v) is 6.91. The molecule has 1 rings (SSSR count). The second-order valence-electron chi connectivity index (χ2n) is 3.14. The van der Waals surface area contributed by atoms with E-state index in [0.29, 0.717) is 11.6 Å². The molecule has 0 radical (unpaired) electrons. The van der Waals surface area contributed by atoms with Crippen molar-refractivity contribution < 1.29 is 8.42 Å². The van der Waals surface area contributed by atoms with E-state index in [0.717, 1.165) is 12.0 Å². The van der Waals surface area contributed by atoms with Crippen LogP contribution in [0.25, 0.3) is 0 Å². The SMILES string of the molecule is CCS(=O)(=O)Nc1ccc(CCCl)cc1. The van der Waals surface area contributed by atoms with E-state index in [1.165, 1.54) is 0 Å². The minimum absolute atomic E-state index is 0.0798.